The molecule has 1 amide bonds. The maximum atomic E-state index is 11.8. The Balaban J connectivity index is 1.91. The van der Waals surface area contributed by atoms with Crippen LogP contribution in [0.2, 0.25) is 5.28 Å². The van der Waals surface area contributed by atoms with Crippen molar-refractivity contribution >= 4 is 17.5 Å². The van der Waals surface area contributed by atoms with Crippen molar-refractivity contribution in [2.45, 2.75) is 37.8 Å². The summed E-state index contributed by atoms with van der Waals surface area (Å²) >= 11 is 5.56. The average molecular weight is 255 g/mol. The lowest BCUT2D eigenvalue weighted by molar-refractivity contribution is 0.0925. The summed E-state index contributed by atoms with van der Waals surface area (Å²) in [6.45, 7) is 0. The topological polar surface area (TPSA) is 80.9 Å². The number of hydrogen-bond acceptors (Lipinski definition) is 4. The van der Waals surface area contributed by atoms with Gasteiger partial charge in [0.05, 0.1) is 5.56 Å². The molecule has 92 valence electrons. The summed E-state index contributed by atoms with van der Waals surface area (Å²) in [5, 5.41) is 3.10. The van der Waals surface area contributed by atoms with E-state index in [1.54, 1.807) is 0 Å². The van der Waals surface area contributed by atoms with Crippen LogP contribution in [0.4, 0.5) is 0 Å². The Hall–Kier alpha value is -1.20. The van der Waals surface area contributed by atoms with Gasteiger partial charge in [-0.15, -0.1) is 0 Å². The predicted molar refractivity (Wildman–Crippen MR) is 64.7 cm³/mol. The van der Waals surface area contributed by atoms with Crippen molar-refractivity contribution in [1.29, 1.82) is 0 Å². The molecular weight excluding hydrogens is 240 g/mol. The molecule has 3 N–H and O–H groups in total. The number of carbonyl (C=O) groups is 1. The maximum Gasteiger partial charge on any atom is 0.254 e. The van der Waals surface area contributed by atoms with Crippen molar-refractivity contribution in [3.8, 4) is 0 Å². The molecule has 0 spiro atoms. The highest BCUT2D eigenvalue weighted by atomic mass is 35.5. The van der Waals surface area contributed by atoms with E-state index >= 15 is 0 Å². The predicted octanol–water partition coefficient (Wildman–Crippen LogP) is 1.13. The van der Waals surface area contributed by atoms with E-state index in [2.05, 4.69) is 15.3 Å². The largest absolute Gasteiger partial charge is 0.349 e. The van der Waals surface area contributed by atoms with Crippen LogP contribution in [0, 0.1) is 0 Å². The summed E-state index contributed by atoms with van der Waals surface area (Å²) in [6, 6.07) is 0.486. The molecule has 0 aromatic carbocycles. The van der Waals surface area contributed by atoms with Crippen LogP contribution >= 0.6 is 11.6 Å². The fourth-order valence-corrected chi connectivity index (χ4v) is 2.06. The highest BCUT2D eigenvalue weighted by molar-refractivity contribution is 6.28. The van der Waals surface area contributed by atoms with Crippen LogP contribution in [0.1, 0.15) is 36.0 Å². The molecule has 0 atom stereocenters. The van der Waals surface area contributed by atoms with Gasteiger partial charge in [-0.25, -0.2) is 9.97 Å². The van der Waals surface area contributed by atoms with Crippen molar-refractivity contribution in [2.24, 2.45) is 5.73 Å². The first-order valence-corrected chi connectivity index (χ1v) is 6.07. The summed E-state index contributed by atoms with van der Waals surface area (Å²) in [5.74, 6) is -0.151. The Bertz CT molecular complexity index is 387. The smallest absolute Gasteiger partial charge is 0.254 e. The average Bonchev–Trinajstić information content (AvgIpc) is 2.33. The second kappa shape index (κ2) is 5.42. The lowest BCUT2D eigenvalue weighted by atomic mass is 9.92. The van der Waals surface area contributed by atoms with Gasteiger partial charge in [0.2, 0.25) is 5.28 Å². The third-order valence-electron chi connectivity index (χ3n) is 2.99. The van der Waals surface area contributed by atoms with Gasteiger partial charge in [0.15, 0.2) is 0 Å². The molecule has 1 aliphatic carbocycles. The number of amides is 1. The molecule has 1 saturated carbocycles. The zero-order valence-electron chi connectivity index (χ0n) is 9.40. The molecular formula is C11H15ClN4O. The number of nitrogens with zero attached hydrogens (tertiary/aromatic N) is 2. The SMILES string of the molecule is NC1CCC(NC(=O)c2cnc(Cl)nc2)CC1. The van der Waals surface area contributed by atoms with Gasteiger partial charge >= 0.3 is 0 Å². The van der Waals surface area contributed by atoms with Gasteiger partial charge in [0, 0.05) is 24.5 Å². The van der Waals surface area contributed by atoms with Crippen molar-refractivity contribution in [3.05, 3.63) is 23.2 Å². The molecule has 1 aliphatic rings. The Labute approximate surface area is 105 Å². The number of halogens is 1. The molecule has 1 aromatic heterocycles. The van der Waals surface area contributed by atoms with Crippen LogP contribution in [-0.4, -0.2) is 28.0 Å². The number of aromatic nitrogens is 2. The van der Waals surface area contributed by atoms with E-state index in [4.69, 9.17) is 17.3 Å². The Morgan fingerprint density at radius 1 is 1.29 bits per heavy atom. The van der Waals surface area contributed by atoms with Gasteiger partial charge in [-0.1, -0.05) is 0 Å². The molecule has 17 heavy (non-hydrogen) atoms. The first-order valence-electron chi connectivity index (χ1n) is 5.69. The molecule has 1 fully saturated rings. The first kappa shape index (κ1) is 12.3. The van der Waals surface area contributed by atoms with E-state index in [9.17, 15) is 4.79 Å². The summed E-state index contributed by atoms with van der Waals surface area (Å²) in [5.41, 5.74) is 6.24. The lowest BCUT2D eigenvalue weighted by Crippen LogP contribution is -2.40. The summed E-state index contributed by atoms with van der Waals surface area (Å²) < 4.78 is 0. The highest BCUT2D eigenvalue weighted by Gasteiger charge is 2.20. The second-order valence-electron chi connectivity index (χ2n) is 4.33. The Morgan fingerprint density at radius 2 is 1.88 bits per heavy atom. The van der Waals surface area contributed by atoms with E-state index in [-0.39, 0.29) is 23.3 Å². The normalized spacial score (nSPS) is 24.4. The second-order valence-corrected chi connectivity index (χ2v) is 4.66. The number of rotatable bonds is 2. The standard InChI is InChI=1S/C11H15ClN4O/c12-11-14-5-7(6-15-11)10(17)16-9-3-1-8(13)2-4-9/h5-6,8-9H,1-4,13H2,(H,16,17). The van der Waals surface area contributed by atoms with Gasteiger partial charge in [0.25, 0.3) is 5.91 Å². The summed E-state index contributed by atoms with van der Waals surface area (Å²) in [4.78, 5) is 19.4. The Morgan fingerprint density at radius 3 is 2.47 bits per heavy atom. The molecule has 6 heteroatoms. The molecule has 0 radical (unpaired) electrons. The fourth-order valence-electron chi connectivity index (χ4n) is 1.96. The molecule has 0 aliphatic heterocycles. The van der Waals surface area contributed by atoms with Gasteiger partial charge < -0.3 is 11.1 Å². The van der Waals surface area contributed by atoms with E-state index in [1.165, 1.54) is 12.4 Å². The first-order chi connectivity index (χ1) is 8.15. The number of hydrogen-bond donors (Lipinski definition) is 2. The van der Waals surface area contributed by atoms with E-state index < -0.39 is 0 Å². The zero-order chi connectivity index (χ0) is 12.3. The molecule has 2 rings (SSSR count). The van der Waals surface area contributed by atoms with E-state index in [0.29, 0.717) is 5.56 Å². The van der Waals surface area contributed by atoms with E-state index in [1.807, 2.05) is 0 Å². The van der Waals surface area contributed by atoms with Gasteiger partial charge in [-0.2, -0.15) is 0 Å². The number of nitrogens with one attached hydrogen (secondary N) is 1. The highest BCUT2D eigenvalue weighted by Crippen LogP contribution is 2.17. The molecule has 0 bridgehead atoms. The van der Waals surface area contributed by atoms with Crippen molar-refractivity contribution in [1.82, 2.24) is 15.3 Å². The molecule has 5 nitrogen and oxygen atoms in total. The minimum atomic E-state index is -0.151. The lowest BCUT2D eigenvalue weighted by Gasteiger charge is -2.26. The minimum absolute atomic E-state index is 0.144. The van der Waals surface area contributed by atoms with Crippen molar-refractivity contribution < 1.29 is 4.79 Å². The van der Waals surface area contributed by atoms with Crippen LogP contribution in [0.15, 0.2) is 12.4 Å². The zero-order valence-corrected chi connectivity index (χ0v) is 10.2. The number of carbonyl (C=O) groups excluding carboxylic acids is 1. The molecule has 0 saturated heterocycles. The van der Waals surface area contributed by atoms with Crippen molar-refractivity contribution in [3.63, 3.8) is 0 Å². The van der Waals surface area contributed by atoms with Crippen LogP contribution in [0.3, 0.4) is 0 Å². The van der Waals surface area contributed by atoms with Crippen LogP contribution in [-0.2, 0) is 0 Å². The van der Waals surface area contributed by atoms with Gasteiger partial charge in [-0.3, -0.25) is 4.79 Å². The van der Waals surface area contributed by atoms with Gasteiger partial charge in [-0.05, 0) is 37.3 Å². The van der Waals surface area contributed by atoms with Crippen LogP contribution < -0.4 is 11.1 Å². The summed E-state index contributed by atoms with van der Waals surface area (Å²) in [6.07, 6.45) is 6.64. The number of nitrogens with two attached hydrogens (primary N) is 1. The quantitative estimate of drug-likeness (QED) is 0.776. The molecule has 1 heterocycles. The Kier molecular flexibility index (Phi) is 3.91. The summed E-state index contributed by atoms with van der Waals surface area (Å²) in [7, 11) is 0. The third-order valence-corrected chi connectivity index (χ3v) is 3.18. The van der Waals surface area contributed by atoms with Crippen molar-refractivity contribution in [2.75, 3.05) is 0 Å². The third kappa shape index (κ3) is 3.38. The van der Waals surface area contributed by atoms with Gasteiger partial charge in [0.1, 0.15) is 0 Å². The fraction of sp³-hybridized carbons (Fsp3) is 0.545. The van der Waals surface area contributed by atoms with Crippen LogP contribution in [0.25, 0.3) is 0 Å². The van der Waals surface area contributed by atoms with Crippen LogP contribution in [0.5, 0.6) is 0 Å². The van der Waals surface area contributed by atoms with E-state index in [0.717, 1.165) is 25.7 Å². The maximum absolute atomic E-state index is 11.8. The molecule has 1 aromatic rings. The molecule has 0 unspecified atom stereocenters. The monoisotopic (exact) mass is 254 g/mol. The minimum Gasteiger partial charge on any atom is -0.349 e.